The molecule has 2 rings (SSSR count). The minimum Gasteiger partial charge on any atom is -0.455 e. The fourth-order valence-electron chi connectivity index (χ4n) is 1.61. The molecule has 106 valence electrons. The fourth-order valence-corrected chi connectivity index (χ4v) is 1.61. The van der Waals surface area contributed by atoms with Crippen LogP contribution in [0.5, 0.6) is 0 Å². The Morgan fingerprint density at radius 2 is 2.05 bits per heavy atom. The summed E-state index contributed by atoms with van der Waals surface area (Å²) in [6, 6.07) is 5.73. The molecule has 0 saturated heterocycles. The number of nitrogen functional groups attached to an aromatic ring is 1. The van der Waals surface area contributed by atoms with E-state index in [0.717, 1.165) is 0 Å². The zero-order valence-electron chi connectivity index (χ0n) is 11.6. The molecule has 0 bridgehead atoms. The first-order valence-electron chi connectivity index (χ1n) is 6.11. The van der Waals surface area contributed by atoms with Crippen LogP contribution in [0.3, 0.4) is 0 Å². The molecule has 0 spiro atoms. The third kappa shape index (κ3) is 3.14. The van der Waals surface area contributed by atoms with Gasteiger partial charge in [0.05, 0.1) is 0 Å². The van der Waals surface area contributed by atoms with Crippen molar-refractivity contribution in [2.45, 2.75) is 26.4 Å². The molecule has 0 aliphatic carbocycles. The number of halogens is 1. The van der Waals surface area contributed by atoms with E-state index in [0.29, 0.717) is 5.69 Å². The van der Waals surface area contributed by atoms with E-state index in [-0.39, 0.29) is 11.4 Å². The molecule has 0 saturated carbocycles. The molecule has 5 nitrogen and oxygen atoms in total. The van der Waals surface area contributed by atoms with Crippen LogP contribution in [0.1, 0.15) is 31.3 Å². The van der Waals surface area contributed by atoms with Gasteiger partial charge >= 0.3 is 5.97 Å². The maximum absolute atomic E-state index is 13.8. The summed E-state index contributed by atoms with van der Waals surface area (Å²) in [6.45, 7) is 5.30. The minimum absolute atomic E-state index is 0.121. The number of carbonyl (C=O) groups is 1. The summed E-state index contributed by atoms with van der Waals surface area (Å²) in [5.41, 5.74) is 5.54. The van der Waals surface area contributed by atoms with Gasteiger partial charge < -0.3 is 10.5 Å². The van der Waals surface area contributed by atoms with E-state index in [1.165, 1.54) is 29.1 Å². The van der Waals surface area contributed by atoms with Crippen LogP contribution in [0.15, 0.2) is 30.5 Å². The van der Waals surface area contributed by atoms with Crippen molar-refractivity contribution >= 4 is 11.7 Å². The van der Waals surface area contributed by atoms with Gasteiger partial charge in [-0.25, -0.2) is 13.9 Å². The highest BCUT2D eigenvalue weighted by molar-refractivity contribution is 5.87. The van der Waals surface area contributed by atoms with E-state index in [1.807, 2.05) is 0 Å². The first-order chi connectivity index (χ1) is 9.26. The Morgan fingerprint density at radius 1 is 1.35 bits per heavy atom. The fraction of sp³-hybridized carbons (Fsp3) is 0.286. The van der Waals surface area contributed by atoms with Crippen LogP contribution in [0, 0.1) is 5.82 Å². The molecular formula is C14H16FN3O2. The molecular weight excluding hydrogens is 261 g/mol. The van der Waals surface area contributed by atoms with Crippen molar-refractivity contribution in [2.24, 2.45) is 0 Å². The van der Waals surface area contributed by atoms with Crippen LogP contribution in [0.25, 0.3) is 5.69 Å². The number of nitrogens with two attached hydrogens (primary N) is 1. The predicted octanol–water partition coefficient (Wildman–Crippen LogP) is 2.55. The summed E-state index contributed by atoms with van der Waals surface area (Å²) in [4.78, 5) is 11.8. The maximum Gasteiger partial charge on any atom is 0.359 e. The second-order valence-electron chi connectivity index (χ2n) is 5.36. The van der Waals surface area contributed by atoms with Gasteiger partial charge in [0.2, 0.25) is 0 Å². The topological polar surface area (TPSA) is 70.1 Å². The van der Waals surface area contributed by atoms with Gasteiger partial charge in [0.25, 0.3) is 0 Å². The quantitative estimate of drug-likeness (QED) is 0.676. The van der Waals surface area contributed by atoms with Crippen LogP contribution in [-0.4, -0.2) is 21.4 Å². The molecule has 1 aromatic heterocycles. The summed E-state index contributed by atoms with van der Waals surface area (Å²) < 4.78 is 20.2. The van der Waals surface area contributed by atoms with Gasteiger partial charge in [0, 0.05) is 11.9 Å². The van der Waals surface area contributed by atoms with E-state index in [2.05, 4.69) is 5.10 Å². The van der Waals surface area contributed by atoms with Crippen molar-refractivity contribution in [2.75, 3.05) is 5.73 Å². The summed E-state index contributed by atoms with van der Waals surface area (Å²) in [7, 11) is 0. The van der Waals surface area contributed by atoms with Crippen molar-refractivity contribution in [3.63, 3.8) is 0 Å². The highest BCUT2D eigenvalue weighted by atomic mass is 19.1. The number of aromatic nitrogens is 2. The van der Waals surface area contributed by atoms with E-state index < -0.39 is 17.4 Å². The number of anilines is 1. The first-order valence-corrected chi connectivity index (χ1v) is 6.11. The SMILES string of the molecule is CC(C)(C)OC(=O)c1ccn(-c2ccc(N)cc2F)n1. The van der Waals surface area contributed by atoms with Crippen LogP contribution < -0.4 is 5.73 Å². The minimum atomic E-state index is -0.604. The summed E-state index contributed by atoms with van der Waals surface area (Å²) in [5, 5.41) is 4.02. The lowest BCUT2D eigenvalue weighted by Gasteiger charge is -2.18. The van der Waals surface area contributed by atoms with Crippen LogP contribution >= 0.6 is 0 Å². The Hall–Kier alpha value is -2.37. The zero-order chi connectivity index (χ0) is 14.9. The molecule has 1 aromatic carbocycles. The van der Waals surface area contributed by atoms with Crippen molar-refractivity contribution < 1.29 is 13.9 Å². The van der Waals surface area contributed by atoms with Crippen molar-refractivity contribution in [1.29, 1.82) is 0 Å². The van der Waals surface area contributed by atoms with Gasteiger partial charge in [-0.2, -0.15) is 5.10 Å². The molecule has 0 aliphatic heterocycles. The Morgan fingerprint density at radius 3 is 2.65 bits per heavy atom. The monoisotopic (exact) mass is 277 g/mol. The Labute approximate surface area is 116 Å². The molecule has 0 amide bonds. The predicted molar refractivity (Wildman–Crippen MR) is 73.1 cm³/mol. The number of esters is 1. The average molecular weight is 277 g/mol. The number of rotatable bonds is 2. The van der Waals surface area contributed by atoms with Crippen molar-refractivity contribution in [3.8, 4) is 5.69 Å². The number of carbonyl (C=O) groups excluding carboxylic acids is 1. The molecule has 0 fully saturated rings. The maximum atomic E-state index is 13.8. The number of hydrogen-bond donors (Lipinski definition) is 1. The first kappa shape index (κ1) is 14.0. The van der Waals surface area contributed by atoms with Gasteiger partial charge in [-0.15, -0.1) is 0 Å². The van der Waals surface area contributed by atoms with Crippen molar-refractivity contribution in [1.82, 2.24) is 9.78 Å². The molecule has 1 heterocycles. The molecule has 6 heteroatoms. The zero-order valence-corrected chi connectivity index (χ0v) is 11.6. The van der Waals surface area contributed by atoms with Gasteiger partial charge in [-0.1, -0.05) is 0 Å². The normalized spacial score (nSPS) is 11.4. The smallest absolute Gasteiger partial charge is 0.359 e. The van der Waals surface area contributed by atoms with E-state index in [1.54, 1.807) is 26.8 Å². The number of hydrogen-bond acceptors (Lipinski definition) is 4. The Balaban J connectivity index is 2.27. The summed E-state index contributed by atoms with van der Waals surface area (Å²) in [5.74, 6) is -1.06. The van der Waals surface area contributed by atoms with Gasteiger partial charge in [0.1, 0.15) is 11.3 Å². The molecule has 2 N–H and O–H groups in total. The van der Waals surface area contributed by atoms with Gasteiger partial charge in [-0.3, -0.25) is 0 Å². The Bertz CT molecular complexity index is 644. The molecule has 0 atom stereocenters. The second-order valence-corrected chi connectivity index (χ2v) is 5.36. The second kappa shape index (κ2) is 4.96. The number of nitrogens with zero attached hydrogens (tertiary/aromatic N) is 2. The van der Waals surface area contributed by atoms with Crippen LogP contribution in [0.2, 0.25) is 0 Å². The largest absolute Gasteiger partial charge is 0.455 e. The highest BCUT2D eigenvalue weighted by Gasteiger charge is 2.20. The van der Waals surface area contributed by atoms with E-state index >= 15 is 0 Å². The molecule has 20 heavy (non-hydrogen) atoms. The lowest BCUT2D eigenvalue weighted by atomic mass is 10.2. The van der Waals surface area contributed by atoms with Crippen molar-refractivity contribution in [3.05, 3.63) is 42.0 Å². The van der Waals surface area contributed by atoms with Crippen LogP contribution in [-0.2, 0) is 4.74 Å². The van der Waals surface area contributed by atoms with E-state index in [4.69, 9.17) is 10.5 Å². The van der Waals surface area contributed by atoms with Crippen LogP contribution in [0.4, 0.5) is 10.1 Å². The average Bonchev–Trinajstić information content (AvgIpc) is 2.75. The highest BCUT2D eigenvalue weighted by Crippen LogP contribution is 2.17. The molecule has 0 radical (unpaired) electrons. The molecule has 0 unspecified atom stereocenters. The van der Waals surface area contributed by atoms with E-state index in [9.17, 15) is 9.18 Å². The van der Waals surface area contributed by atoms with Gasteiger partial charge in [0.15, 0.2) is 11.5 Å². The van der Waals surface area contributed by atoms with Gasteiger partial charge in [-0.05, 0) is 45.0 Å². The lowest BCUT2D eigenvalue weighted by Crippen LogP contribution is -2.24. The third-order valence-electron chi connectivity index (χ3n) is 2.42. The molecule has 0 aliphatic rings. The Kier molecular flexibility index (Phi) is 3.48. The third-order valence-corrected chi connectivity index (χ3v) is 2.42. The standard InChI is InChI=1S/C14H16FN3O2/c1-14(2,3)20-13(19)11-6-7-18(17-11)12-5-4-9(16)8-10(12)15/h4-8H,16H2,1-3H3. The number of ether oxygens (including phenoxy) is 1. The summed E-state index contributed by atoms with van der Waals surface area (Å²) >= 11 is 0. The lowest BCUT2D eigenvalue weighted by molar-refractivity contribution is 0.00623. The number of benzene rings is 1. The summed E-state index contributed by atoms with van der Waals surface area (Å²) in [6.07, 6.45) is 1.49. The molecule has 2 aromatic rings.